The number of urea groups is 1. The molecule has 3 aliphatic rings. The average Bonchev–Trinajstić information content (AvgIpc) is 3.68. The fourth-order valence-electron chi connectivity index (χ4n) is 4.31. The highest BCUT2D eigenvalue weighted by Gasteiger charge is 2.36. The summed E-state index contributed by atoms with van der Waals surface area (Å²) in [5.74, 6) is 1.82. The molecule has 1 unspecified atom stereocenters. The number of ether oxygens (including phenoxy) is 2. The molecule has 1 saturated heterocycles. The number of benzene rings is 2. The average molecular weight is 492 g/mol. The Labute approximate surface area is 198 Å². The first kappa shape index (κ1) is 22.3. The van der Waals surface area contributed by atoms with E-state index >= 15 is 0 Å². The maximum absolute atomic E-state index is 13.1. The van der Waals surface area contributed by atoms with Crippen molar-refractivity contribution in [2.24, 2.45) is 5.92 Å². The zero-order valence-corrected chi connectivity index (χ0v) is 19.6. The number of piperazine rings is 1. The van der Waals surface area contributed by atoms with E-state index in [9.17, 15) is 13.2 Å². The van der Waals surface area contributed by atoms with Crippen molar-refractivity contribution in [3.05, 3.63) is 53.1 Å². The third-order valence-corrected chi connectivity index (χ3v) is 8.68. The van der Waals surface area contributed by atoms with Gasteiger partial charge in [0.05, 0.1) is 11.1 Å². The maximum Gasteiger partial charge on any atom is 0.317 e. The molecule has 2 aliphatic heterocycles. The fraction of sp³-hybridized carbons (Fsp3) is 0.435. The van der Waals surface area contributed by atoms with Gasteiger partial charge in [-0.25, -0.2) is 13.2 Å². The van der Waals surface area contributed by atoms with Crippen molar-refractivity contribution in [2.45, 2.75) is 23.8 Å². The minimum atomic E-state index is -3.70. The highest BCUT2D eigenvalue weighted by molar-refractivity contribution is 7.89. The van der Waals surface area contributed by atoms with Crippen LogP contribution in [0.1, 0.15) is 24.4 Å². The van der Waals surface area contributed by atoms with Crippen LogP contribution in [0.15, 0.2) is 47.4 Å². The molecule has 33 heavy (non-hydrogen) atoms. The molecule has 1 saturated carbocycles. The van der Waals surface area contributed by atoms with Crippen LogP contribution in [0.2, 0.25) is 5.02 Å². The van der Waals surface area contributed by atoms with E-state index in [4.69, 9.17) is 21.1 Å². The molecule has 0 radical (unpaired) electrons. The molecule has 0 aromatic heterocycles. The van der Waals surface area contributed by atoms with Crippen LogP contribution >= 0.6 is 11.6 Å². The van der Waals surface area contributed by atoms with Gasteiger partial charge >= 0.3 is 6.03 Å². The van der Waals surface area contributed by atoms with Gasteiger partial charge in [0, 0.05) is 26.2 Å². The van der Waals surface area contributed by atoms with Crippen LogP contribution < -0.4 is 14.8 Å². The van der Waals surface area contributed by atoms with Gasteiger partial charge in [0.25, 0.3) is 0 Å². The minimum Gasteiger partial charge on any atom is -0.486 e. The van der Waals surface area contributed by atoms with Crippen molar-refractivity contribution < 1.29 is 22.7 Å². The number of carbonyl (C=O) groups excluding carboxylic acids is 1. The number of hydrogen-bond donors (Lipinski definition) is 1. The lowest BCUT2D eigenvalue weighted by Crippen LogP contribution is -2.53. The van der Waals surface area contributed by atoms with Crippen LogP contribution in [-0.4, -0.2) is 63.0 Å². The molecule has 2 aromatic carbocycles. The van der Waals surface area contributed by atoms with Crippen molar-refractivity contribution in [3.8, 4) is 11.5 Å². The standard InChI is InChI=1S/C23H26ClN3O5S/c24-18-3-1-2-4-21(18)33(29,30)27-11-9-26(10-12-27)23(28)25-22(16-5-6-16)17-7-8-19-20(15-17)32-14-13-31-19/h1-4,7-8,15-16,22H,5-6,9-14H2,(H,25,28). The highest BCUT2D eigenvalue weighted by Crippen LogP contribution is 2.43. The maximum atomic E-state index is 13.1. The number of sulfonamides is 1. The van der Waals surface area contributed by atoms with Crippen LogP contribution in [0, 0.1) is 5.92 Å². The van der Waals surface area contributed by atoms with Crippen LogP contribution in [0.4, 0.5) is 4.79 Å². The zero-order chi connectivity index (χ0) is 23.0. The summed E-state index contributed by atoms with van der Waals surface area (Å²) in [4.78, 5) is 14.8. The van der Waals surface area contributed by atoms with E-state index in [0.717, 1.165) is 24.2 Å². The summed E-state index contributed by atoms with van der Waals surface area (Å²) in [5.41, 5.74) is 0.995. The predicted molar refractivity (Wildman–Crippen MR) is 123 cm³/mol. The largest absolute Gasteiger partial charge is 0.486 e. The Kier molecular flexibility index (Phi) is 6.11. The van der Waals surface area contributed by atoms with E-state index in [2.05, 4.69) is 5.32 Å². The molecule has 176 valence electrons. The summed E-state index contributed by atoms with van der Waals surface area (Å²) in [6.45, 7) is 2.12. The summed E-state index contributed by atoms with van der Waals surface area (Å²) in [6.07, 6.45) is 2.12. The van der Waals surface area contributed by atoms with E-state index in [1.807, 2.05) is 18.2 Å². The van der Waals surface area contributed by atoms with Crippen molar-refractivity contribution in [3.63, 3.8) is 0 Å². The number of rotatable bonds is 5. The molecule has 1 atom stereocenters. The molecule has 8 nitrogen and oxygen atoms in total. The number of carbonyl (C=O) groups is 1. The Morgan fingerprint density at radius 3 is 2.39 bits per heavy atom. The van der Waals surface area contributed by atoms with Gasteiger partial charge in [-0.3, -0.25) is 0 Å². The van der Waals surface area contributed by atoms with Crippen molar-refractivity contribution >= 4 is 27.7 Å². The van der Waals surface area contributed by atoms with Gasteiger partial charge in [-0.1, -0.05) is 29.8 Å². The number of amides is 2. The van der Waals surface area contributed by atoms with Crippen molar-refractivity contribution in [1.82, 2.24) is 14.5 Å². The lowest BCUT2D eigenvalue weighted by molar-refractivity contribution is 0.166. The quantitative estimate of drug-likeness (QED) is 0.693. The molecule has 0 bridgehead atoms. The zero-order valence-electron chi connectivity index (χ0n) is 18.1. The van der Waals surface area contributed by atoms with Gasteiger partial charge in [-0.15, -0.1) is 0 Å². The Balaban J connectivity index is 1.24. The highest BCUT2D eigenvalue weighted by atomic mass is 35.5. The normalized spacial score (nSPS) is 19.7. The summed E-state index contributed by atoms with van der Waals surface area (Å²) < 4.78 is 38.6. The molecule has 0 spiro atoms. The summed E-state index contributed by atoms with van der Waals surface area (Å²) in [7, 11) is -3.70. The SMILES string of the molecule is O=C(NC(c1ccc2c(c1)OCCO2)C1CC1)N1CCN(S(=O)(=O)c2ccccc2Cl)CC1. The second-order valence-corrected chi connectivity index (χ2v) is 10.8. The van der Waals surface area contributed by atoms with Crippen LogP contribution in [-0.2, 0) is 10.0 Å². The van der Waals surface area contributed by atoms with Gasteiger partial charge in [0.15, 0.2) is 11.5 Å². The Morgan fingerprint density at radius 2 is 1.70 bits per heavy atom. The summed E-state index contributed by atoms with van der Waals surface area (Å²) >= 11 is 6.11. The van der Waals surface area contributed by atoms with Crippen LogP contribution in [0.25, 0.3) is 0 Å². The topological polar surface area (TPSA) is 88.2 Å². The van der Waals surface area contributed by atoms with Crippen LogP contribution in [0.3, 0.4) is 0 Å². The Bertz CT molecular complexity index is 1150. The molecular formula is C23H26ClN3O5S. The van der Waals surface area contributed by atoms with E-state index in [0.29, 0.717) is 38.0 Å². The second-order valence-electron chi connectivity index (χ2n) is 8.49. The number of nitrogens with zero attached hydrogens (tertiary/aromatic N) is 2. The van der Waals surface area contributed by atoms with Crippen molar-refractivity contribution in [2.75, 3.05) is 39.4 Å². The molecule has 1 N–H and O–H groups in total. The number of hydrogen-bond acceptors (Lipinski definition) is 5. The smallest absolute Gasteiger partial charge is 0.317 e. The van der Waals surface area contributed by atoms with E-state index < -0.39 is 10.0 Å². The number of fused-ring (bicyclic) bond motifs is 1. The van der Waals surface area contributed by atoms with E-state index in [-0.39, 0.29) is 35.1 Å². The lowest BCUT2D eigenvalue weighted by atomic mass is 10.0. The molecule has 1 aliphatic carbocycles. The van der Waals surface area contributed by atoms with E-state index in [1.54, 1.807) is 23.1 Å². The molecule has 2 fully saturated rings. The van der Waals surface area contributed by atoms with Crippen molar-refractivity contribution in [1.29, 1.82) is 0 Å². The Morgan fingerprint density at radius 1 is 1.00 bits per heavy atom. The van der Waals surface area contributed by atoms with Gasteiger partial charge in [-0.2, -0.15) is 4.31 Å². The first-order valence-electron chi connectivity index (χ1n) is 11.1. The first-order chi connectivity index (χ1) is 15.9. The minimum absolute atomic E-state index is 0.0944. The molecule has 5 rings (SSSR count). The van der Waals surface area contributed by atoms with Gasteiger partial charge in [0.2, 0.25) is 10.0 Å². The third-order valence-electron chi connectivity index (χ3n) is 6.28. The second kappa shape index (κ2) is 9.04. The van der Waals surface area contributed by atoms with Gasteiger partial charge < -0.3 is 19.7 Å². The Hall–Kier alpha value is -2.49. The predicted octanol–water partition coefficient (Wildman–Crippen LogP) is 3.28. The summed E-state index contributed by atoms with van der Waals surface area (Å²) in [6, 6.07) is 11.9. The fourth-order valence-corrected chi connectivity index (χ4v) is 6.22. The lowest BCUT2D eigenvalue weighted by Gasteiger charge is -2.35. The monoisotopic (exact) mass is 491 g/mol. The molecular weight excluding hydrogens is 466 g/mol. The first-order valence-corrected chi connectivity index (χ1v) is 12.9. The van der Waals surface area contributed by atoms with Crippen LogP contribution in [0.5, 0.6) is 11.5 Å². The van der Waals surface area contributed by atoms with Gasteiger partial charge in [0.1, 0.15) is 18.1 Å². The molecule has 2 amide bonds. The molecule has 10 heteroatoms. The summed E-state index contributed by atoms with van der Waals surface area (Å²) in [5, 5.41) is 3.37. The molecule has 2 aromatic rings. The molecule has 2 heterocycles. The van der Waals surface area contributed by atoms with Gasteiger partial charge in [-0.05, 0) is 48.6 Å². The third kappa shape index (κ3) is 4.62. The van der Waals surface area contributed by atoms with E-state index in [1.165, 1.54) is 10.4 Å². The number of nitrogens with one attached hydrogen (secondary N) is 1. The number of halogens is 1.